The summed E-state index contributed by atoms with van der Waals surface area (Å²) in [4.78, 5) is 35.6. The minimum absolute atomic E-state index is 0.146. The third-order valence-corrected chi connectivity index (χ3v) is 5.23. The van der Waals surface area contributed by atoms with Gasteiger partial charge >= 0.3 is 5.97 Å². The molecule has 30 heavy (non-hydrogen) atoms. The molecule has 3 rings (SSSR count). The molecule has 0 radical (unpaired) electrons. The molecule has 1 N–H and O–H groups in total. The van der Waals surface area contributed by atoms with Crippen molar-refractivity contribution >= 4 is 57.6 Å². The molecule has 1 fully saturated rings. The van der Waals surface area contributed by atoms with Gasteiger partial charge in [0.15, 0.2) is 22.4 Å². The Balaban J connectivity index is 1.87. The van der Waals surface area contributed by atoms with E-state index in [1.165, 1.54) is 36.3 Å². The number of benzene rings is 2. The molecule has 0 bridgehead atoms. The fraction of sp³-hybridized carbons (Fsp3) is 0.105. The highest BCUT2D eigenvalue weighted by Gasteiger charge is 2.34. The Morgan fingerprint density at radius 1 is 1.30 bits per heavy atom. The topological polar surface area (TPSA) is 119 Å². The average molecular weight is 446 g/mol. The highest BCUT2D eigenvalue weighted by atomic mass is 32.2. The van der Waals surface area contributed by atoms with E-state index in [1.807, 2.05) is 0 Å². The molecule has 0 atom stereocenters. The number of ether oxygens (including phenoxy) is 2. The van der Waals surface area contributed by atoms with Gasteiger partial charge in [0.25, 0.3) is 11.6 Å². The fourth-order valence-corrected chi connectivity index (χ4v) is 3.92. The van der Waals surface area contributed by atoms with E-state index in [-0.39, 0.29) is 15.8 Å². The number of aliphatic carboxylic acids is 1. The van der Waals surface area contributed by atoms with Gasteiger partial charge in [0.2, 0.25) is 0 Å². The van der Waals surface area contributed by atoms with Crippen LogP contribution in [0.1, 0.15) is 5.56 Å². The summed E-state index contributed by atoms with van der Waals surface area (Å²) in [5, 5.41) is 19.7. The molecule has 0 aromatic heterocycles. The van der Waals surface area contributed by atoms with Gasteiger partial charge in [0.1, 0.15) is 0 Å². The predicted octanol–water partition coefficient (Wildman–Crippen LogP) is 3.47. The van der Waals surface area contributed by atoms with Crippen molar-refractivity contribution in [1.29, 1.82) is 0 Å². The first-order valence-electron chi connectivity index (χ1n) is 8.35. The maximum absolute atomic E-state index is 12.9. The molecule has 154 valence electrons. The number of hydrogen-bond donors (Lipinski definition) is 1. The summed E-state index contributed by atoms with van der Waals surface area (Å²) in [5.74, 6) is -0.970. The summed E-state index contributed by atoms with van der Waals surface area (Å²) in [7, 11) is 1.41. The van der Waals surface area contributed by atoms with Gasteiger partial charge in [-0.3, -0.25) is 19.8 Å². The van der Waals surface area contributed by atoms with E-state index < -0.39 is 23.4 Å². The Hall–Kier alpha value is -3.44. The van der Waals surface area contributed by atoms with Crippen LogP contribution in [-0.2, 0) is 9.59 Å². The van der Waals surface area contributed by atoms with Gasteiger partial charge in [-0.15, -0.1) is 0 Å². The van der Waals surface area contributed by atoms with Gasteiger partial charge in [-0.2, -0.15) is 0 Å². The molecule has 0 unspecified atom stereocenters. The van der Waals surface area contributed by atoms with Gasteiger partial charge in [-0.25, -0.2) is 4.79 Å². The lowest BCUT2D eigenvalue weighted by Crippen LogP contribution is -2.27. The summed E-state index contributed by atoms with van der Waals surface area (Å²) in [5.41, 5.74) is 0.770. The third-order valence-electron chi connectivity index (χ3n) is 3.93. The van der Waals surface area contributed by atoms with E-state index in [9.17, 15) is 19.7 Å². The third kappa shape index (κ3) is 4.58. The number of carbonyl (C=O) groups excluding carboxylic acids is 1. The monoisotopic (exact) mass is 446 g/mol. The zero-order chi connectivity index (χ0) is 21.8. The Morgan fingerprint density at radius 2 is 2.07 bits per heavy atom. The van der Waals surface area contributed by atoms with Gasteiger partial charge < -0.3 is 14.6 Å². The second-order valence-electron chi connectivity index (χ2n) is 5.89. The van der Waals surface area contributed by atoms with Crippen molar-refractivity contribution in [2.45, 2.75) is 0 Å². The van der Waals surface area contributed by atoms with Crippen LogP contribution in [0.4, 0.5) is 11.4 Å². The predicted molar refractivity (Wildman–Crippen MR) is 115 cm³/mol. The fourth-order valence-electron chi connectivity index (χ4n) is 2.62. The quantitative estimate of drug-likeness (QED) is 0.295. The molecule has 1 aliphatic heterocycles. The van der Waals surface area contributed by atoms with E-state index in [0.717, 1.165) is 11.8 Å². The van der Waals surface area contributed by atoms with Gasteiger partial charge in [0.05, 0.1) is 22.6 Å². The number of nitro benzene ring substituents is 1. The van der Waals surface area contributed by atoms with Crippen molar-refractivity contribution in [1.82, 2.24) is 0 Å². The molecule has 0 saturated carbocycles. The number of anilines is 1. The van der Waals surface area contributed by atoms with Crippen LogP contribution >= 0.6 is 24.0 Å². The van der Waals surface area contributed by atoms with Crippen molar-refractivity contribution in [3.63, 3.8) is 0 Å². The summed E-state index contributed by atoms with van der Waals surface area (Å²) in [6.45, 7) is -0.516. The standard InChI is InChI=1S/C19H14N2O7S2/c1-27-15-7-11(5-6-14(15)28-10-17(22)23)8-16-18(24)20(19(29)30-16)12-3-2-4-13(9-12)21(25)26/h2-9H,10H2,1H3,(H,22,23)/b16-8-. The van der Waals surface area contributed by atoms with Crippen molar-refractivity contribution in [2.24, 2.45) is 0 Å². The summed E-state index contributed by atoms with van der Waals surface area (Å²) >= 11 is 6.35. The Morgan fingerprint density at radius 3 is 2.73 bits per heavy atom. The van der Waals surface area contributed by atoms with Crippen LogP contribution in [0, 0.1) is 10.1 Å². The van der Waals surface area contributed by atoms with Crippen LogP contribution < -0.4 is 14.4 Å². The molecule has 1 saturated heterocycles. The molecular formula is C19H14N2O7S2. The molecule has 1 aliphatic rings. The Bertz CT molecular complexity index is 1080. The van der Waals surface area contributed by atoms with Crippen LogP contribution in [0.3, 0.4) is 0 Å². The van der Waals surface area contributed by atoms with Crippen molar-refractivity contribution < 1.29 is 29.1 Å². The second-order valence-corrected chi connectivity index (χ2v) is 7.56. The van der Waals surface area contributed by atoms with Crippen LogP contribution in [0.15, 0.2) is 47.4 Å². The number of carbonyl (C=O) groups is 2. The van der Waals surface area contributed by atoms with E-state index >= 15 is 0 Å². The largest absolute Gasteiger partial charge is 0.493 e. The molecule has 0 aliphatic carbocycles. The SMILES string of the molecule is COc1cc(/C=C2\SC(=S)N(c3cccc([N+](=O)[O-])c3)C2=O)ccc1OCC(=O)O. The zero-order valence-electron chi connectivity index (χ0n) is 15.4. The lowest BCUT2D eigenvalue weighted by molar-refractivity contribution is -0.384. The molecular weight excluding hydrogens is 432 g/mol. The van der Waals surface area contributed by atoms with E-state index in [4.69, 9.17) is 26.8 Å². The summed E-state index contributed by atoms with van der Waals surface area (Å²) in [6.07, 6.45) is 1.60. The van der Waals surface area contributed by atoms with Gasteiger partial charge in [-0.05, 0) is 29.8 Å². The summed E-state index contributed by atoms with van der Waals surface area (Å²) in [6, 6.07) is 10.4. The normalized spacial score (nSPS) is 14.8. The first kappa shape index (κ1) is 21.3. The van der Waals surface area contributed by atoms with Crippen LogP contribution in [0.25, 0.3) is 6.08 Å². The van der Waals surface area contributed by atoms with Gasteiger partial charge in [0, 0.05) is 12.1 Å². The van der Waals surface area contributed by atoms with E-state index in [1.54, 1.807) is 24.3 Å². The number of carboxylic acid groups (broad SMARTS) is 1. The molecule has 2 aromatic carbocycles. The first-order chi connectivity index (χ1) is 14.3. The maximum atomic E-state index is 12.9. The minimum atomic E-state index is -1.12. The van der Waals surface area contributed by atoms with Crippen LogP contribution in [-0.4, -0.2) is 39.9 Å². The highest BCUT2D eigenvalue weighted by Crippen LogP contribution is 2.38. The van der Waals surface area contributed by atoms with Crippen LogP contribution in [0.2, 0.25) is 0 Å². The molecule has 11 heteroatoms. The number of methoxy groups -OCH3 is 1. The van der Waals surface area contributed by atoms with E-state index in [2.05, 4.69) is 0 Å². The molecule has 0 spiro atoms. The first-order valence-corrected chi connectivity index (χ1v) is 9.57. The number of rotatable bonds is 7. The zero-order valence-corrected chi connectivity index (χ0v) is 17.1. The number of thioether (sulfide) groups is 1. The average Bonchev–Trinajstić information content (AvgIpc) is 2.99. The maximum Gasteiger partial charge on any atom is 0.341 e. The van der Waals surface area contributed by atoms with Crippen molar-refractivity contribution in [2.75, 3.05) is 18.6 Å². The smallest absolute Gasteiger partial charge is 0.341 e. The number of thiocarbonyl (C=S) groups is 1. The lowest BCUT2D eigenvalue weighted by Gasteiger charge is -2.14. The van der Waals surface area contributed by atoms with Crippen molar-refractivity contribution in [3.05, 3.63) is 63.0 Å². The summed E-state index contributed by atoms with van der Waals surface area (Å²) < 4.78 is 10.6. The lowest BCUT2D eigenvalue weighted by atomic mass is 10.1. The second kappa shape index (κ2) is 8.93. The molecule has 1 heterocycles. The van der Waals surface area contributed by atoms with Gasteiger partial charge in [-0.1, -0.05) is 36.1 Å². The number of carboxylic acids is 1. The highest BCUT2D eigenvalue weighted by molar-refractivity contribution is 8.27. The Kier molecular flexibility index (Phi) is 6.33. The number of nitrogens with zero attached hydrogens (tertiary/aromatic N) is 2. The molecule has 9 nitrogen and oxygen atoms in total. The van der Waals surface area contributed by atoms with Crippen molar-refractivity contribution in [3.8, 4) is 11.5 Å². The molecule has 1 amide bonds. The number of nitro groups is 1. The molecule has 2 aromatic rings. The van der Waals surface area contributed by atoms with Crippen LogP contribution in [0.5, 0.6) is 11.5 Å². The van der Waals surface area contributed by atoms with E-state index in [0.29, 0.717) is 21.9 Å². The number of amides is 1. The minimum Gasteiger partial charge on any atom is -0.493 e. The number of hydrogen-bond acceptors (Lipinski definition) is 8. The number of non-ortho nitro benzene ring substituents is 1. The Labute approximate surface area is 180 Å².